The number of fused-ring (bicyclic) bond motifs is 1. The molecule has 29 heavy (non-hydrogen) atoms. The number of aliphatic imine (C=N–C) groups is 1. The van der Waals surface area contributed by atoms with Crippen LogP contribution in [0.2, 0.25) is 0 Å². The summed E-state index contributed by atoms with van der Waals surface area (Å²) in [6.45, 7) is 6.56. The van der Waals surface area contributed by atoms with E-state index in [0.29, 0.717) is 6.54 Å². The van der Waals surface area contributed by atoms with E-state index in [9.17, 15) is 0 Å². The smallest absolute Gasteiger partial charge is 0.191 e. The molecule has 0 aliphatic heterocycles. The minimum Gasteiger partial charge on any atom is -0.358 e. The lowest BCUT2D eigenvalue weighted by molar-refractivity contribution is 0.306. The lowest BCUT2D eigenvalue weighted by Gasteiger charge is -2.22. The zero-order chi connectivity index (χ0) is 20.8. The second kappa shape index (κ2) is 9.60. The molecule has 0 radical (unpaired) electrons. The van der Waals surface area contributed by atoms with Gasteiger partial charge >= 0.3 is 0 Å². The van der Waals surface area contributed by atoms with Crippen LogP contribution < -0.4 is 10.6 Å². The molecule has 1 atom stereocenters. The van der Waals surface area contributed by atoms with Gasteiger partial charge in [0.05, 0.1) is 18.8 Å². The Balaban J connectivity index is 1.65. The van der Waals surface area contributed by atoms with E-state index in [0.717, 1.165) is 25.5 Å². The zero-order valence-corrected chi connectivity index (χ0v) is 18.2. The van der Waals surface area contributed by atoms with Crippen molar-refractivity contribution in [3.63, 3.8) is 0 Å². The molecule has 0 fully saturated rings. The van der Waals surface area contributed by atoms with E-state index in [-0.39, 0.29) is 6.04 Å². The first-order chi connectivity index (χ1) is 14.0. The van der Waals surface area contributed by atoms with Gasteiger partial charge < -0.3 is 20.5 Å². The third-order valence-corrected chi connectivity index (χ3v) is 5.19. The van der Waals surface area contributed by atoms with Crippen molar-refractivity contribution in [3.8, 4) is 0 Å². The molecule has 156 valence electrons. The fourth-order valence-electron chi connectivity index (χ4n) is 3.66. The highest BCUT2D eigenvalue weighted by Gasteiger charge is 2.16. The van der Waals surface area contributed by atoms with Crippen LogP contribution in [0.5, 0.6) is 0 Å². The summed E-state index contributed by atoms with van der Waals surface area (Å²) in [5.41, 5.74) is 4.97. The van der Waals surface area contributed by atoms with Gasteiger partial charge in [0.25, 0.3) is 0 Å². The molecule has 0 aliphatic rings. The van der Waals surface area contributed by atoms with Crippen molar-refractivity contribution < 1.29 is 0 Å². The summed E-state index contributed by atoms with van der Waals surface area (Å²) >= 11 is 0. The van der Waals surface area contributed by atoms with Gasteiger partial charge in [-0.3, -0.25) is 9.67 Å². The number of rotatable bonds is 8. The Morgan fingerprint density at radius 1 is 1.28 bits per heavy atom. The first-order valence-corrected chi connectivity index (χ1v) is 10.2. The molecule has 0 bridgehead atoms. The molecule has 7 nitrogen and oxygen atoms in total. The number of hydrogen-bond acceptors (Lipinski definition) is 3. The predicted molar refractivity (Wildman–Crippen MR) is 120 cm³/mol. The van der Waals surface area contributed by atoms with Crippen LogP contribution in [0.15, 0.2) is 41.7 Å². The number of aryl methyl sites for hydroxylation is 2. The second-order valence-electron chi connectivity index (χ2n) is 7.60. The number of nitrogens with zero attached hydrogens (tertiary/aromatic N) is 4. The standard InChI is InChI=1S/C22H33N7/c1-6-23-22(25-14-21(28(3)4)17-13-26-29(5)15-17)24-12-11-18-16(2)27-20-10-8-7-9-19(18)20/h7-10,13,15,21,27H,6,11-12,14H2,1-5H3,(H2,23,24,25). The highest BCUT2D eigenvalue weighted by Crippen LogP contribution is 2.22. The molecule has 1 unspecified atom stereocenters. The SMILES string of the molecule is CCNC(=NCC(c1cnn(C)c1)N(C)C)NCCc1c(C)[nH]c2ccccc12. The van der Waals surface area contributed by atoms with Gasteiger partial charge in [0, 0.05) is 48.5 Å². The van der Waals surface area contributed by atoms with Gasteiger partial charge in [-0.25, -0.2) is 0 Å². The number of para-hydroxylation sites is 1. The number of aromatic nitrogens is 3. The summed E-state index contributed by atoms with van der Waals surface area (Å²) in [6, 6.07) is 8.67. The molecule has 7 heteroatoms. The van der Waals surface area contributed by atoms with Gasteiger partial charge in [0.1, 0.15) is 0 Å². The van der Waals surface area contributed by atoms with Gasteiger partial charge in [-0.15, -0.1) is 0 Å². The van der Waals surface area contributed by atoms with E-state index >= 15 is 0 Å². The van der Waals surface area contributed by atoms with E-state index in [1.807, 2.05) is 17.9 Å². The fraction of sp³-hybridized carbons (Fsp3) is 0.455. The molecule has 3 N–H and O–H groups in total. The van der Waals surface area contributed by atoms with E-state index in [2.05, 4.69) is 84.0 Å². The van der Waals surface area contributed by atoms with Crippen LogP contribution in [0.3, 0.4) is 0 Å². The van der Waals surface area contributed by atoms with Crippen LogP contribution in [0.1, 0.15) is 29.8 Å². The van der Waals surface area contributed by atoms with E-state index in [4.69, 9.17) is 4.99 Å². The van der Waals surface area contributed by atoms with Crippen molar-refractivity contribution in [2.24, 2.45) is 12.0 Å². The lowest BCUT2D eigenvalue weighted by Crippen LogP contribution is -2.39. The number of likely N-dealkylation sites (N-methyl/N-ethyl adjacent to an activating group) is 1. The maximum Gasteiger partial charge on any atom is 0.191 e. The summed E-state index contributed by atoms with van der Waals surface area (Å²) in [5, 5.41) is 12.5. The van der Waals surface area contributed by atoms with Crippen LogP contribution in [0, 0.1) is 6.92 Å². The number of aromatic amines is 1. The van der Waals surface area contributed by atoms with Gasteiger partial charge in [0.15, 0.2) is 5.96 Å². The number of guanidine groups is 1. The monoisotopic (exact) mass is 395 g/mol. The minimum absolute atomic E-state index is 0.190. The van der Waals surface area contributed by atoms with Crippen molar-refractivity contribution >= 4 is 16.9 Å². The number of hydrogen-bond donors (Lipinski definition) is 3. The highest BCUT2D eigenvalue weighted by atomic mass is 15.2. The molecule has 0 saturated heterocycles. The van der Waals surface area contributed by atoms with Crippen molar-refractivity contribution in [2.75, 3.05) is 33.7 Å². The van der Waals surface area contributed by atoms with Gasteiger partial charge in [-0.1, -0.05) is 18.2 Å². The van der Waals surface area contributed by atoms with Crippen LogP contribution in [0.25, 0.3) is 10.9 Å². The van der Waals surface area contributed by atoms with Gasteiger partial charge in [-0.2, -0.15) is 5.10 Å². The summed E-state index contributed by atoms with van der Waals surface area (Å²) in [7, 11) is 6.10. The fourth-order valence-corrected chi connectivity index (χ4v) is 3.66. The van der Waals surface area contributed by atoms with Gasteiger partial charge in [0.2, 0.25) is 0 Å². The van der Waals surface area contributed by atoms with E-state index < -0.39 is 0 Å². The van der Waals surface area contributed by atoms with Crippen molar-refractivity contribution in [1.82, 2.24) is 30.3 Å². The summed E-state index contributed by atoms with van der Waals surface area (Å²) in [5.74, 6) is 0.848. The minimum atomic E-state index is 0.190. The third-order valence-electron chi connectivity index (χ3n) is 5.19. The highest BCUT2D eigenvalue weighted by molar-refractivity contribution is 5.84. The third kappa shape index (κ3) is 5.17. The predicted octanol–water partition coefficient (Wildman–Crippen LogP) is 2.61. The summed E-state index contributed by atoms with van der Waals surface area (Å²) < 4.78 is 1.84. The summed E-state index contributed by atoms with van der Waals surface area (Å²) in [6.07, 6.45) is 4.92. The summed E-state index contributed by atoms with van der Waals surface area (Å²) in [4.78, 5) is 10.5. The average molecular weight is 396 g/mol. The van der Waals surface area contributed by atoms with E-state index in [1.54, 1.807) is 0 Å². The zero-order valence-electron chi connectivity index (χ0n) is 18.2. The van der Waals surface area contributed by atoms with Crippen LogP contribution in [-0.4, -0.2) is 59.4 Å². The van der Waals surface area contributed by atoms with Crippen molar-refractivity contribution in [2.45, 2.75) is 26.3 Å². The molecule has 0 saturated carbocycles. The van der Waals surface area contributed by atoms with Crippen molar-refractivity contribution in [3.05, 3.63) is 53.5 Å². The molecular formula is C22H33N7. The van der Waals surface area contributed by atoms with E-state index in [1.165, 1.54) is 27.7 Å². The Bertz CT molecular complexity index is 951. The molecule has 2 heterocycles. The van der Waals surface area contributed by atoms with Gasteiger partial charge in [-0.05, 0) is 46.0 Å². The van der Waals surface area contributed by atoms with Crippen LogP contribution >= 0.6 is 0 Å². The Kier molecular flexibility index (Phi) is 6.93. The largest absolute Gasteiger partial charge is 0.358 e. The molecule has 1 aromatic carbocycles. The Hall–Kier alpha value is -2.80. The Labute approximate surface area is 173 Å². The maximum absolute atomic E-state index is 4.83. The average Bonchev–Trinajstić information content (AvgIpc) is 3.24. The molecular weight excluding hydrogens is 362 g/mol. The number of nitrogens with one attached hydrogen (secondary N) is 3. The van der Waals surface area contributed by atoms with Crippen LogP contribution in [-0.2, 0) is 13.5 Å². The molecule has 0 aliphatic carbocycles. The molecule has 3 rings (SSSR count). The first kappa shape index (κ1) is 20.9. The molecule has 0 amide bonds. The number of H-pyrrole nitrogens is 1. The molecule has 2 aromatic heterocycles. The molecule has 3 aromatic rings. The number of benzene rings is 1. The maximum atomic E-state index is 4.83. The molecule has 0 spiro atoms. The Morgan fingerprint density at radius 2 is 2.07 bits per heavy atom. The van der Waals surface area contributed by atoms with Crippen LogP contribution in [0.4, 0.5) is 0 Å². The normalized spacial score (nSPS) is 13.2. The quantitative estimate of drug-likeness (QED) is 0.405. The Morgan fingerprint density at radius 3 is 2.76 bits per heavy atom. The lowest BCUT2D eigenvalue weighted by atomic mass is 10.1. The topological polar surface area (TPSA) is 73.3 Å². The van der Waals surface area contributed by atoms with Crippen molar-refractivity contribution in [1.29, 1.82) is 0 Å². The second-order valence-corrected chi connectivity index (χ2v) is 7.60. The first-order valence-electron chi connectivity index (χ1n) is 10.2.